The van der Waals surface area contributed by atoms with Crippen LogP contribution in [-0.4, -0.2) is 56.0 Å². The number of para-hydroxylation sites is 1. The van der Waals surface area contributed by atoms with Crippen LogP contribution in [-0.2, 0) is 31.1 Å². The van der Waals surface area contributed by atoms with E-state index < -0.39 is 35.5 Å². The summed E-state index contributed by atoms with van der Waals surface area (Å²) in [5.41, 5.74) is 6.83. The number of esters is 2. The van der Waals surface area contributed by atoms with Gasteiger partial charge < -0.3 is 29.0 Å². The molecule has 0 amide bonds. The van der Waals surface area contributed by atoms with E-state index in [0.29, 0.717) is 30.2 Å². The largest absolute Gasteiger partial charge is 0.425 e. The first-order valence-electron chi connectivity index (χ1n) is 20.4. The zero-order valence-corrected chi connectivity index (χ0v) is 35.1. The minimum Gasteiger partial charge on any atom is -0.425 e. The molecule has 5 aromatic carbocycles. The number of rotatable bonds is 13. The number of carbonyl (C=O) groups excluding carboxylic acids is 2. The van der Waals surface area contributed by atoms with Crippen molar-refractivity contribution < 1.29 is 23.8 Å². The van der Waals surface area contributed by atoms with Crippen molar-refractivity contribution in [2.45, 2.75) is 66.3 Å². The molecule has 0 saturated heterocycles. The Labute approximate surface area is 355 Å². The normalized spacial score (nSPS) is 14.3. The third-order valence-corrected chi connectivity index (χ3v) is 10.7. The van der Waals surface area contributed by atoms with E-state index in [1.807, 2.05) is 77.2 Å². The van der Waals surface area contributed by atoms with Crippen molar-refractivity contribution in [2.75, 3.05) is 16.8 Å². The molecule has 2 unspecified atom stereocenters. The van der Waals surface area contributed by atoms with Crippen molar-refractivity contribution >= 4 is 23.3 Å². The molecule has 0 spiro atoms. The van der Waals surface area contributed by atoms with Crippen molar-refractivity contribution in [2.24, 2.45) is 5.41 Å². The Morgan fingerprint density at radius 3 is 1.97 bits per heavy atom. The zero-order chi connectivity index (χ0) is 42.7. The van der Waals surface area contributed by atoms with Gasteiger partial charge in [0.25, 0.3) is 0 Å². The molecular weight excluding hydrogens is 767 g/mol. The van der Waals surface area contributed by atoms with E-state index in [1.54, 1.807) is 32.9 Å². The molecule has 0 saturated carbocycles. The van der Waals surface area contributed by atoms with Crippen LogP contribution in [0, 0.1) is 12.3 Å². The van der Waals surface area contributed by atoms with Crippen LogP contribution in [0.2, 0.25) is 0 Å². The highest BCUT2D eigenvalue weighted by Gasteiger charge is 2.42. The second-order valence-electron chi connectivity index (χ2n) is 16.1. The Balaban J connectivity index is 1.13. The van der Waals surface area contributed by atoms with Gasteiger partial charge in [0.2, 0.25) is 18.5 Å². The minimum atomic E-state index is -1.08. The highest BCUT2D eigenvalue weighted by atomic mass is 16.7. The quantitative estimate of drug-likeness (QED) is 0.0685. The fraction of sp³-hybridized carbons (Fsp3) is 0.245. The molecule has 1 aliphatic heterocycles. The van der Waals surface area contributed by atoms with Gasteiger partial charge in [0, 0.05) is 32.0 Å². The highest BCUT2D eigenvalue weighted by molar-refractivity contribution is 6.01. The number of tetrazole rings is 1. The zero-order valence-electron chi connectivity index (χ0n) is 35.1. The fourth-order valence-corrected chi connectivity index (χ4v) is 7.90. The molecule has 7 aromatic rings. The van der Waals surface area contributed by atoms with Crippen LogP contribution in [0.15, 0.2) is 146 Å². The van der Waals surface area contributed by atoms with Gasteiger partial charge in [-0.3, -0.25) is 4.79 Å². The summed E-state index contributed by atoms with van der Waals surface area (Å²) in [6, 6.07) is 46.8. The molecule has 3 heterocycles. The first-order chi connectivity index (χ1) is 29.5. The van der Waals surface area contributed by atoms with Gasteiger partial charge in [0.15, 0.2) is 0 Å². The summed E-state index contributed by atoms with van der Waals surface area (Å²) in [4.78, 5) is 28.1. The van der Waals surface area contributed by atoms with Gasteiger partial charge in [-0.2, -0.15) is 0 Å². The van der Waals surface area contributed by atoms with Crippen LogP contribution < -0.4 is 10.2 Å². The van der Waals surface area contributed by atoms with Crippen LogP contribution in [0.3, 0.4) is 0 Å². The highest BCUT2D eigenvalue weighted by Crippen LogP contribution is 2.43. The average molecular weight is 816 g/mol. The Morgan fingerprint density at radius 2 is 1.39 bits per heavy atom. The molecule has 0 bridgehead atoms. The molecule has 310 valence electrons. The van der Waals surface area contributed by atoms with Crippen molar-refractivity contribution in [3.63, 3.8) is 0 Å². The Bertz CT molecular complexity index is 2520. The maximum atomic E-state index is 13.6. The molecule has 12 nitrogen and oxygen atoms in total. The van der Waals surface area contributed by atoms with Gasteiger partial charge in [-0.1, -0.05) is 109 Å². The van der Waals surface area contributed by atoms with Crippen molar-refractivity contribution in [1.29, 1.82) is 0 Å². The lowest BCUT2D eigenvalue weighted by Crippen LogP contribution is -2.39. The Morgan fingerprint density at radius 1 is 0.787 bits per heavy atom. The molecule has 0 fully saturated rings. The number of nitrogens with zero attached hydrogens (tertiary/aromatic N) is 6. The number of fused-ring (bicyclic) bond motifs is 1. The van der Waals surface area contributed by atoms with Crippen molar-refractivity contribution in [1.82, 2.24) is 24.8 Å². The molecule has 61 heavy (non-hydrogen) atoms. The second kappa shape index (κ2) is 16.9. The summed E-state index contributed by atoms with van der Waals surface area (Å²) in [5, 5.41) is 17.2. The molecule has 2 aromatic heterocycles. The van der Waals surface area contributed by atoms with E-state index in [-0.39, 0.29) is 0 Å². The summed E-state index contributed by atoms with van der Waals surface area (Å²) < 4.78 is 21.2. The molecular formula is C49H49N7O5. The number of hydrogen-bond acceptors (Lipinski definition) is 10. The summed E-state index contributed by atoms with van der Waals surface area (Å²) >= 11 is 0. The molecule has 2 atom stereocenters. The summed E-state index contributed by atoms with van der Waals surface area (Å²) in [7, 11) is 0. The van der Waals surface area contributed by atoms with E-state index in [2.05, 4.69) is 94.9 Å². The molecule has 1 N–H and O–H groups in total. The topological polar surface area (TPSA) is 126 Å². The number of aryl methyl sites for hydroxylation is 1. The third kappa shape index (κ3) is 7.89. The third-order valence-electron chi connectivity index (χ3n) is 10.7. The minimum absolute atomic E-state index is 0.324. The average Bonchev–Trinajstić information content (AvgIpc) is 4.00. The second-order valence-corrected chi connectivity index (χ2v) is 16.1. The number of nitrogens with one attached hydrogen (secondary N) is 1. The monoisotopic (exact) mass is 815 g/mol. The van der Waals surface area contributed by atoms with Crippen LogP contribution in [0.25, 0.3) is 17.2 Å². The smallest absolute Gasteiger partial charge is 0.343 e. The molecule has 1 aliphatic rings. The number of benzene rings is 5. The van der Waals surface area contributed by atoms with Crippen LogP contribution in [0.4, 0.5) is 11.4 Å². The molecule has 0 aliphatic carbocycles. The number of aromatic nitrogens is 5. The Kier molecular flexibility index (Phi) is 11.3. The first-order valence-corrected chi connectivity index (χ1v) is 20.4. The maximum absolute atomic E-state index is 13.6. The summed E-state index contributed by atoms with van der Waals surface area (Å²) in [6.07, 6.45) is 0.468. The number of carbonyl (C=O) groups is 2. The van der Waals surface area contributed by atoms with Crippen molar-refractivity contribution in [3.8, 4) is 17.2 Å². The van der Waals surface area contributed by atoms with Crippen LogP contribution in [0.1, 0.15) is 72.8 Å². The summed E-state index contributed by atoms with van der Waals surface area (Å²) in [5.74, 6) is -0.483. The van der Waals surface area contributed by atoms with E-state index in [9.17, 15) is 9.59 Å². The Hall–Kier alpha value is -7.05. The number of anilines is 2. The fourth-order valence-electron chi connectivity index (χ4n) is 7.90. The lowest BCUT2D eigenvalue weighted by atomic mass is 9.77. The lowest BCUT2D eigenvalue weighted by Gasteiger charge is -2.36. The SMILES string of the molecule is CCOC1Nc2cccc(C(=O)OC(C)OC(=O)C(C)(C)C)c2N1Cc1ccc(-n2cc(C)cc2-c2nnnn2C(c2ccccc2)(c2ccccc2)c2ccccc2)cc1. The standard InChI is InChI=1S/C49H49N7O5/c1-7-59-47-50-41-25-17-24-40(45(57)60-34(3)61-46(58)48(4,5)6)43(41)55(47)32-35-26-28-39(29-27-35)54-31-33(2)30-42(54)44-51-52-53-56(44)49(36-18-11-8-12-19-36,37-20-13-9-14-21-37)38-22-15-10-16-23-38/h8-31,34,47,50H,7,32H2,1-6H3. The predicted octanol–water partition coefficient (Wildman–Crippen LogP) is 9.12. The maximum Gasteiger partial charge on any atom is 0.343 e. The van der Waals surface area contributed by atoms with E-state index >= 15 is 0 Å². The van der Waals surface area contributed by atoms with E-state index in [4.69, 9.17) is 24.5 Å². The lowest BCUT2D eigenvalue weighted by molar-refractivity contribution is -0.174. The molecule has 8 rings (SSSR count). The van der Waals surface area contributed by atoms with E-state index in [0.717, 1.165) is 44.9 Å². The van der Waals surface area contributed by atoms with Crippen LogP contribution in [0.5, 0.6) is 0 Å². The van der Waals surface area contributed by atoms with Gasteiger partial charge in [-0.15, -0.1) is 5.10 Å². The summed E-state index contributed by atoms with van der Waals surface area (Å²) in [6.45, 7) is 11.6. The number of ether oxygens (including phenoxy) is 3. The van der Waals surface area contributed by atoms with Crippen molar-refractivity contribution in [3.05, 3.63) is 179 Å². The van der Waals surface area contributed by atoms with Gasteiger partial charge in [0.05, 0.1) is 28.0 Å². The van der Waals surface area contributed by atoms with Gasteiger partial charge in [-0.05, 0) is 103 Å². The molecule has 12 heteroatoms. The van der Waals surface area contributed by atoms with Gasteiger partial charge in [0.1, 0.15) is 5.54 Å². The van der Waals surface area contributed by atoms with Crippen LogP contribution >= 0.6 is 0 Å². The predicted molar refractivity (Wildman–Crippen MR) is 234 cm³/mol. The first kappa shape index (κ1) is 40.7. The van der Waals surface area contributed by atoms with E-state index in [1.165, 1.54) is 6.92 Å². The number of hydrogen-bond donors (Lipinski definition) is 1. The van der Waals surface area contributed by atoms with Gasteiger partial charge >= 0.3 is 11.9 Å². The molecule has 0 radical (unpaired) electrons. The van der Waals surface area contributed by atoms with Gasteiger partial charge in [-0.25, -0.2) is 9.48 Å².